The van der Waals surface area contributed by atoms with Gasteiger partial charge in [-0.05, 0) is 0 Å². The molecular weight excluding hydrogens is 185 g/mol. The standard InChI is InChI=1S/ClH.K.H3N.H2O4S.H/c;;;1-5(2,3)4;/h1H;;1H3;(H2,1,2,3,4);/q;+1;;;-1. The molecule has 0 heterocycles. The summed E-state index contributed by atoms with van der Waals surface area (Å²) in [6.45, 7) is 0. The van der Waals surface area contributed by atoms with Crippen LogP contribution in [0, 0.1) is 0 Å². The molecule has 0 aromatic rings. The summed E-state index contributed by atoms with van der Waals surface area (Å²) in [4.78, 5) is 0. The van der Waals surface area contributed by atoms with E-state index in [-0.39, 0.29) is 71.4 Å². The molecule has 0 aromatic carbocycles. The first-order valence-corrected chi connectivity index (χ1v) is 2.10. The Kier molecular flexibility index (Phi) is 24.7. The molecule has 0 fully saturated rings. The van der Waals surface area contributed by atoms with Crippen LogP contribution < -0.4 is 57.5 Å². The first-order chi connectivity index (χ1) is 2.00. The van der Waals surface area contributed by atoms with E-state index in [0.29, 0.717) is 0 Å². The number of rotatable bonds is 0. The van der Waals surface area contributed by atoms with Gasteiger partial charge in [-0.3, -0.25) is 9.11 Å². The Morgan fingerprint density at radius 2 is 1.25 bits per heavy atom. The van der Waals surface area contributed by atoms with Crippen LogP contribution in [0.5, 0.6) is 0 Å². The Balaban J connectivity index is -0.0000000133. The summed E-state index contributed by atoms with van der Waals surface area (Å²) >= 11 is 0. The second kappa shape index (κ2) is 8.76. The second-order valence-electron chi connectivity index (χ2n) is 0.448. The summed E-state index contributed by atoms with van der Waals surface area (Å²) in [6, 6.07) is 0. The van der Waals surface area contributed by atoms with E-state index < -0.39 is 10.4 Å². The van der Waals surface area contributed by atoms with Crippen molar-refractivity contribution in [3.8, 4) is 0 Å². The van der Waals surface area contributed by atoms with Gasteiger partial charge in [0.05, 0.1) is 0 Å². The van der Waals surface area contributed by atoms with Gasteiger partial charge in [0.2, 0.25) is 0 Å². The van der Waals surface area contributed by atoms with E-state index in [0.717, 1.165) is 0 Å². The molecule has 50 valence electrons. The fourth-order valence-electron chi connectivity index (χ4n) is 0. The molecule has 0 aliphatic rings. The van der Waals surface area contributed by atoms with Gasteiger partial charge in [0.1, 0.15) is 0 Å². The minimum atomic E-state index is -4.67. The molecule has 0 radical (unpaired) electrons. The number of halogens is 1. The quantitative estimate of drug-likeness (QED) is 0.280. The fraction of sp³-hybridized carbons (Fsp3) is 0. The van der Waals surface area contributed by atoms with E-state index in [2.05, 4.69) is 0 Å². The monoisotopic (exact) mass is 191 g/mol. The Morgan fingerprint density at radius 1 is 1.25 bits per heavy atom. The number of hydrogen-bond acceptors (Lipinski definition) is 3. The maximum atomic E-state index is 8.74. The normalized spacial score (nSPS) is 7.25. The molecule has 0 aliphatic carbocycles. The Labute approximate surface area is 97.7 Å². The van der Waals surface area contributed by atoms with Gasteiger partial charge in [-0.25, -0.2) is 0 Å². The van der Waals surface area contributed by atoms with Crippen LogP contribution >= 0.6 is 12.4 Å². The second-order valence-corrected chi connectivity index (χ2v) is 1.34. The first kappa shape index (κ1) is 22.6. The summed E-state index contributed by atoms with van der Waals surface area (Å²) < 4.78 is 31.6. The topological polar surface area (TPSA) is 110 Å². The zero-order valence-corrected chi connectivity index (χ0v) is 8.99. The molecule has 0 saturated carbocycles. The molecule has 0 rings (SSSR count). The van der Waals surface area contributed by atoms with Crippen LogP contribution in [0.15, 0.2) is 0 Å². The predicted molar refractivity (Wildman–Crippen MR) is 27.6 cm³/mol. The minimum absolute atomic E-state index is 0. The largest absolute Gasteiger partial charge is 1.00 e. The molecule has 5 nitrogen and oxygen atoms in total. The maximum absolute atomic E-state index is 8.74. The molecule has 8 heavy (non-hydrogen) atoms. The van der Waals surface area contributed by atoms with Crippen molar-refractivity contribution in [2.45, 2.75) is 0 Å². The molecule has 8 heteroatoms. The van der Waals surface area contributed by atoms with Crippen LogP contribution in [0.2, 0.25) is 0 Å². The van der Waals surface area contributed by atoms with Crippen LogP contribution in [-0.2, 0) is 10.4 Å². The van der Waals surface area contributed by atoms with Crippen LogP contribution in [0.25, 0.3) is 0 Å². The number of hydrogen-bond donors (Lipinski definition) is 3. The molecular formula is H7ClKNO4S. The summed E-state index contributed by atoms with van der Waals surface area (Å²) in [5, 5.41) is 0. The summed E-state index contributed by atoms with van der Waals surface area (Å²) in [7, 11) is -4.67. The van der Waals surface area contributed by atoms with Gasteiger partial charge < -0.3 is 7.58 Å². The summed E-state index contributed by atoms with van der Waals surface area (Å²) in [5.74, 6) is 0. The zero-order valence-electron chi connectivity index (χ0n) is 5.23. The van der Waals surface area contributed by atoms with Gasteiger partial charge >= 0.3 is 61.8 Å². The van der Waals surface area contributed by atoms with Crippen molar-refractivity contribution in [3.63, 3.8) is 0 Å². The van der Waals surface area contributed by atoms with Crippen molar-refractivity contribution in [2.24, 2.45) is 0 Å². The predicted octanol–water partition coefficient (Wildman–Crippen LogP) is -2.95. The smallest absolute Gasteiger partial charge is 1.00 e. The molecule has 0 saturated heterocycles. The van der Waals surface area contributed by atoms with Crippen LogP contribution in [0.1, 0.15) is 1.43 Å². The molecule has 0 aliphatic heterocycles. The first-order valence-electron chi connectivity index (χ1n) is 0.698. The van der Waals surface area contributed by atoms with Crippen LogP contribution in [0.3, 0.4) is 0 Å². The Bertz CT molecular complexity index is 104. The van der Waals surface area contributed by atoms with Crippen molar-refractivity contribution in [3.05, 3.63) is 0 Å². The molecule has 0 aromatic heterocycles. The van der Waals surface area contributed by atoms with E-state index in [1.165, 1.54) is 0 Å². The van der Waals surface area contributed by atoms with E-state index in [1.807, 2.05) is 0 Å². The van der Waals surface area contributed by atoms with Crippen LogP contribution in [0.4, 0.5) is 0 Å². The van der Waals surface area contributed by atoms with Gasteiger partial charge in [0, 0.05) is 0 Å². The van der Waals surface area contributed by atoms with Crippen molar-refractivity contribution in [2.75, 3.05) is 0 Å². The van der Waals surface area contributed by atoms with Crippen molar-refractivity contribution in [1.82, 2.24) is 6.15 Å². The summed E-state index contributed by atoms with van der Waals surface area (Å²) in [6.07, 6.45) is 0. The van der Waals surface area contributed by atoms with E-state index in [1.54, 1.807) is 0 Å². The van der Waals surface area contributed by atoms with Crippen molar-refractivity contribution in [1.29, 1.82) is 0 Å². The van der Waals surface area contributed by atoms with Crippen LogP contribution in [-0.4, -0.2) is 17.5 Å². The van der Waals surface area contributed by atoms with E-state index in [4.69, 9.17) is 17.5 Å². The Hall–Kier alpha value is 1.76. The van der Waals surface area contributed by atoms with Gasteiger partial charge in [-0.1, -0.05) is 0 Å². The third kappa shape index (κ3) is 115. The summed E-state index contributed by atoms with van der Waals surface area (Å²) in [5.41, 5.74) is 0. The van der Waals surface area contributed by atoms with Gasteiger partial charge in [0.25, 0.3) is 0 Å². The zero-order chi connectivity index (χ0) is 4.50. The molecule has 0 amide bonds. The van der Waals surface area contributed by atoms with Gasteiger partial charge in [0.15, 0.2) is 0 Å². The average Bonchev–Trinajstić information content (AvgIpc) is 0.722. The Morgan fingerprint density at radius 3 is 1.25 bits per heavy atom. The average molecular weight is 192 g/mol. The van der Waals surface area contributed by atoms with Crippen molar-refractivity contribution < 1.29 is 70.3 Å². The molecule has 0 bridgehead atoms. The third-order valence-corrected chi connectivity index (χ3v) is 0. The van der Waals surface area contributed by atoms with Gasteiger partial charge in [-0.15, -0.1) is 12.4 Å². The molecule has 0 spiro atoms. The molecule has 0 unspecified atom stereocenters. The van der Waals surface area contributed by atoms with E-state index >= 15 is 0 Å². The SMILES string of the molecule is Cl.N.O=S(=O)(O)O.[H-].[K+]. The van der Waals surface area contributed by atoms with E-state index in [9.17, 15) is 0 Å². The van der Waals surface area contributed by atoms with Crippen molar-refractivity contribution >= 4 is 22.8 Å². The third-order valence-electron chi connectivity index (χ3n) is 0. The maximum Gasteiger partial charge on any atom is 1.00 e. The molecule has 0 atom stereocenters. The molecule has 5 N–H and O–H groups in total. The minimum Gasteiger partial charge on any atom is -1.00 e. The van der Waals surface area contributed by atoms with Gasteiger partial charge in [-0.2, -0.15) is 8.42 Å². The fourth-order valence-corrected chi connectivity index (χ4v) is 0.